The standard InChI is InChI=1S/C24H21N3O4S/c1-2-31-20-12-10-17(11-13-20)25-22(28)16-27-23(29)21(32-24(27)30)15-19-9-6-14-26(19)18-7-4-3-5-8-18/h3-15H,2,16H2,1H3,(H,25,28)/b21-15+. The molecule has 0 bridgehead atoms. The fourth-order valence-electron chi connectivity index (χ4n) is 3.25. The van der Waals surface area contributed by atoms with Crippen molar-refractivity contribution in [3.8, 4) is 11.4 Å². The number of rotatable bonds is 7. The SMILES string of the molecule is CCOc1ccc(NC(=O)CN2C(=O)S/C(=C/c3cccn3-c3ccccc3)C2=O)cc1. The summed E-state index contributed by atoms with van der Waals surface area (Å²) < 4.78 is 7.30. The Morgan fingerprint density at radius 2 is 1.78 bits per heavy atom. The van der Waals surface area contributed by atoms with Crippen LogP contribution in [0.4, 0.5) is 10.5 Å². The van der Waals surface area contributed by atoms with Gasteiger partial charge in [0.15, 0.2) is 0 Å². The first-order chi connectivity index (χ1) is 15.5. The van der Waals surface area contributed by atoms with E-state index < -0.39 is 17.1 Å². The minimum Gasteiger partial charge on any atom is -0.494 e. The van der Waals surface area contributed by atoms with Crippen LogP contribution in [-0.4, -0.2) is 39.7 Å². The molecule has 1 N–H and O–H groups in total. The smallest absolute Gasteiger partial charge is 0.294 e. The molecule has 0 radical (unpaired) electrons. The molecule has 3 amide bonds. The van der Waals surface area contributed by atoms with Gasteiger partial charge in [0.05, 0.1) is 11.5 Å². The van der Waals surface area contributed by atoms with E-state index in [2.05, 4.69) is 5.32 Å². The van der Waals surface area contributed by atoms with Gasteiger partial charge in [-0.15, -0.1) is 0 Å². The van der Waals surface area contributed by atoms with Gasteiger partial charge in [0, 0.05) is 23.3 Å². The fourth-order valence-corrected chi connectivity index (χ4v) is 4.07. The lowest BCUT2D eigenvalue weighted by atomic mass is 10.3. The van der Waals surface area contributed by atoms with Gasteiger partial charge < -0.3 is 14.6 Å². The highest BCUT2D eigenvalue weighted by molar-refractivity contribution is 8.18. The molecule has 162 valence electrons. The molecule has 7 nitrogen and oxygen atoms in total. The molecule has 1 aromatic heterocycles. The minimum absolute atomic E-state index is 0.278. The lowest BCUT2D eigenvalue weighted by molar-refractivity contribution is -0.127. The molecule has 4 rings (SSSR count). The highest BCUT2D eigenvalue weighted by Crippen LogP contribution is 2.32. The number of nitrogens with one attached hydrogen (secondary N) is 1. The maximum atomic E-state index is 12.8. The van der Waals surface area contributed by atoms with Gasteiger partial charge in [0.25, 0.3) is 11.1 Å². The van der Waals surface area contributed by atoms with E-state index in [1.807, 2.05) is 60.2 Å². The Morgan fingerprint density at radius 1 is 1.03 bits per heavy atom. The fraction of sp³-hybridized carbons (Fsp3) is 0.125. The Hall–Kier alpha value is -3.78. The predicted octanol–water partition coefficient (Wildman–Crippen LogP) is 4.55. The van der Waals surface area contributed by atoms with Gasteiger partial charge in [-0.2, -0.15) is 0 Å². The molecule has 1 saturated heterocycles. The predicted molar refractivity (Wildman–Crippen MR) is 125 cm³/mol. The topological polar surface area (TPSA) is 80.6 Å². The van der Waals surface area contributed by atoms with Gasteiger partial charge in [-0.3, -0.25) is 19.3 Å². The van der Waals surface area contributed by atoms with Gasteiger partial charge in [-0.25, -0.2) is 0 Å². The van der Waals surface area contributed by atoms with Crippen LogP contribution in [0.1, 0.15) is 12.6 Å². The second-order valence-corrected chi connectivity index (χ2v) is 7.91. The molecule has 1 aliphatic rings. The minimum atomic E-state index is -0.484. The van der Waals surface area contributed by atoms with Crippen LogP contribution in [0.25, 0.3) is 11.8 Å². The van der Waals surface area contributed by atoms with Crippen molar-refractivity contribution in [2.24, 2.45) is 0 Å². The average Bonchev–Trinajstić information content (AvgIpc) is 3.36. The van der Waals surface area contributed by atoms with Crippen LogP contribution < -0.4 is 10.1 Å². The second-order valence-electron chi connectivity index (χ2n) is 6.91. The lowest BCUT2D eigenvalue weighted by Gasteiger charge is -2.13. The summed E-state index contributed by atoms with van der Waals surface area (Å²) in [4.78, 5) is 38.9. The third-order valence-electron chi connectivity index (χ3n) is 4.72. The number of aromatic nitrogens is 1. The van der Waals surface area contributed by atoms with Crippen LogP contribution in [0, 0.1) is 0 Å². The van der Waals surface area contributed by atoms with Crippen molar-refractivity contribution in [3.63, 3.8) is 0 Å². The molecule has 0 aliphatic carbocycles. The van der Waals surface area contributed by atoms with E-state index in [1.165, 1.54) is 0 Å². The lowest BCUT2D eigenvalue weighted by Crippen LogP contribution is -2.36. The van der Waals surface area contributed by atoms with Crippen LogP contribution in [0.15, 0.2) is 77.8 Å². The molecule has 32 heavy (non-hydrogen) atoms. The second kappa shape index (κ2) is 9.57. The Labute approximate surface area is 189 Å². The summed E-state index contributed by atoms with van der Waals surface area (Å²) in [6.07, 6.45) is 3.55. The number of carbonyl (C=O) groups is 3. The van der Waals surface area contributed by atoms with Gasteiger partial charge >= 0.3 is 0 Å². The number of amides is 3. The van der Waals surface area contributed by atoms with Crippen molar-refractivity contribution in [2.45, 2.75) is 6.92 Å². The van der Waals surface area contributed by atoms with Crippen LogP contribution in [-0.2, 0) is 9.59 Å². The van der Waals surface area contributed by atoms with E-state index in [4.69, 9.17) is 4.74 Å². The first kappa shape index (κ1) is 21.5. The van der Waals surface area contributed by atoms with Crippen molar-refractivity contribution in [3.05, 3.63) is 83.5 Å². The molecular weight excluding hydrogens is 426 g/mol. The van der Waals surface area contributed by atoms with Crippen molar-refractivity contribution < 1.29 is 19.1 Å². The number of imide groups is 1. The van der Waals surface area contributed by atoms with E-state index >= 15 is 0 Å². The quantitative estimate of drug-likeness (QED) is 0.538. The van der Waals surface area contributed by atoms with E-state index in [-0.39, 0.29) is 11.4 Å². The molecule has 1 aliphatic heterocycles. The number of para-hydroxylation sites is 1. The molecule has 3 aromatic rings. The largest absolute Gasteiger partial charge is 0.494 e. The van der Waals surface area contributed by atoms with E-state index in [1.54, 1.807) is 30.3 Å². The van der Waals surface area contributed by atoms with Crippen molar-refractivity contribution >= 4 is 40.6 Å². The summed E-state index contributed by atoms with van der Waals surface area (Å²) in [5.74, 6) is -0.241. The number of hydrogen-bond donors (Lipinski definition) is 1. The van der Waals surface area contributed by atoms with Gasteiger partial charge in [0.1, 0.15) is 12.3 Å². The highest BCUT2D eigenvalue weighted by Gasteiger charge is 2.36. The van der Waals surface area contributed by atoms with Crippen LogP contribution in [0.5, 0.6) is 5.75 Å². The third-order valence-corrected chi connectivity index (χ3v) is 5.63. The maximum Gasteiger partial charge on any atom is 0.294 e. The van der Waals surface area contributed by atoms with Crippen molar-refractivity contribution in [1.29, 1.82) is 0 Å². The summed E-state index contributed by atoms with van der Waals surface area (Å²) in [7, 11) is 0. The first-order valence-electron chi connectivity index (χ1n) is 10.1. The maximum absolute atomic E-state index is 12.8. The molecule has 0 spiro atoms. The van der Waals surface area contributed by atoms with Crippen LogP contribution >= 0.6 is 11.8 Å². The Balaban J connectivity index is 1.44. The zero-order valence-corrected chi connectivity index (χ0v) is 18.2. The zero-order chi connectivity index (χ0) is 22.5. The Bertz CT molecular complexity index is 1170. The first-order valence-corrected chi connectivity index (χ1v) is 10.9. The molecule has 1 fully saturated rings. The number of ether oxygens (including phenoxy) is 1. The normalized spacial score (nSPS) is 14.8. The molecule has 0 unspecified atom stereocenters. The number of benzene rings is 2. The number of hydrogen-bond acceptors (Lipinski definition) is 5. The van der Waals surface area contributed by atoms with Crippen LogP contribution in [0.2, 0.25) is 0 Å². The average molecular weight is 448 g/mol. The zero-order valence-electron chi connectivity index (χ0n) is 17.4. The van der Waals surface area contributed by atoms with E-state index in [9.17, 15) is 14.4 Å². The summed E-state index contributed by atoms with van der Waals surface area (Å²) in [6, 6.07) is 20.3. The number of thioether (sulfide) groups is 1. The van der Waals surface area contributed by atoms with Crippen molar-refractivity contribution in [2.75, 3.05) is 18.5 Å². The number of carbonyl (C=O) groups excluding carboxylic acids is 3. The number of anilines is 1. The van der Waals surface area contributed by atoms with E-state index in [0.717, 1.165) is 28.0 Å². The molecule has 8 heteroatoms. The third kappa shape index (κ3) is 4.76. The number of nitrogens with zero attached hydrogens (tertiary/aromatic N) is 2. The molecular formula is C24H21N3O4S. The van der Waals surface area contributed by atoms with Gasteiger partial charge in [0.2, 0.25) is 5.91 Å². The van der Waals surface area contributed by atoms with Crippen LogP contribution in [0.3, 0.4) is 0 Å². The summed E-state index contributed by atoms with van der Waals surface area (Å²) in [5.41, 5.74) is 2.26. The summed E-state index contributed by atoms with van der Waals surface area (Å²) in [6.45, 7) is 2.09. The van der Waals surface area contributed by atoms with Crippen molar-refractivity contribution in [1.82, 2.24) is 9.47 Å². The van der Waals surface area contributed by atoms with Gasteiger partial charge in [-0.1, -0.05) is 18.2 Å². The summed E-state index contributed by atoms with van der Waals surface area (Å²) >= 11 is 0.828. The Morgan fingerprint density at radius 3 is 2.50 bits per heavy atom. The van der Waals surface area contributed by atoms with E-state index in [0.29, 0.717) is 18.0 Å². The molecule has 2 heterocycles. The molecule has 2 aromatic carbocycles. The van der Waals surface area contributed by atoms with Gasteiger partial charge in [-0.05, 0) is 73.3 Å². The summed E-state index contributed by atoms with van der Waals surface area (Å²) in [5, 5.41) is 2.23. The monoisotopic (exact) mass is 447 g/mol. The highest BCUT2D eigenvalue weighted by atomic mass is 32.2. The molecule has 0 atom stereocenters. The molecule has 0 saturated carbocycles. The Kier molecular flexibility index (Phi) is 6.42.